The van der Waals surface area contributed by atoms with Crippen molar-refractivity contribution in [1.29, 1.82) is 0 Å². The minimum atomic E-state index is -0.431. The first-order valence-electron chi connectivity index (χ1n) is 8.08. The standard InChI is InChI=1S/C18H17N3O3S/c1-2-7-21-17(11-3-4-11)19-20-18(21)25-10-12-8-16(23)24-15-9-13(22)5-6-14(12)15/h2,5-6,8-9,11,22H,1,3-4,7,10H2. The van der Waals surface area contributed by atoms with E-state index in [1.54, 1.807) is 12.1 Å². The normalized spacial score (nSPS) is 14.1. The van der Waals surface area contributed by atoms with Gasteiger partial charge >= 0.3 is 5.63 Å². The fourth-order valence-electron chi connectivity index (χ4n) is 2.83. The van der Waals surface area contributed by atoms with Gasteiger partial charge in [0.15, 0.2) is 5.16 Å². The Morgan fingerprint density at radius 2 is 2.20 bits per heavy atom. The maximum Gasteiger partial charge on any atom is 0.336 e. The van der Waals surface area contributed by atoms with E-state index < -0.39 is 5.63 Å². The SMILES string of the molecule is C=CCn1c(SCc2cc(=O)oc3cc(O)ccc23)nnc1C1CC1. The van der Waals surface area contributed by atoms with Crippen LogP contribution in [-0.4, -0.2) is 19.9 Å². The Balaban J connectivity index is 1.64. The Labute approximate surface area is 148 Å². The van der Waals surface area contributed by atoms with Crippen molar-refractivity contribution in [1.82, 2.24) is 14.8 Å². The van der Waals surface area contributed by atoms with Crippen LogP contribution in [0.1, 0.15) is 30.1 Å². The highest BCUT2D eigenvalue weighted by atomic mass is 32.2. The maximum atomic E-state index is 11.8. The molecule has 128 valence electrons. The van der Waals surface area contributed by atoms with E-state index in [-0.39, 0.29) is 5.75 Å². The molecule has 1 aliphatic carbocycles. The predicted octanol–water partition coefficient (Wildman–Crippen LogP) is 3.45. The van der Waals surface area contributed by atoms with Crippen LogP contribution in [0.2, 0.25) is 0 Å². The Hall–Kier alpha value is -2.54. The first-order valence-corrected chi connectivity index (χ1v) is 9.07. The van der Waals surface area contributed by atoms with E-state index in [9.17, 15) is 9.90 Å². The van der Waals surface area contributed by atoms with Gasteiger partial charge in [-0.2, -0.15) is 0 Å². The summed E-state index contributed by atoms with van der Waals surface area (Å²) in [5, 5.41) is 19.9. The van der Waals surface area contributed by atoms with E-state index in [4.69, 9.17) is 4.42 Å². The van der Waals surface area contributed by atoms with Crippen LogP contribution in [0.15, 0.2) is 51.3 Å². The van der Waals surface area contributed by atoms with Crippen LogP contribution < -0.4 is 5.63 Å². The number of aromatic hydroxyl groups is 1. The summed E-state index contributed by atoms with van der Waals surface area (Å²) in [5.41, 5.74) is 0.798. The van der Waals surface area contributed by atoms with Gasteiger partial charge in [-0.05, 0) is 30.5 Å². The summed E-state index contributed by atoms with van der Waals surface area (Å²) in [7, 11) is 0. The average molecular weight is 355 g/mol. The summed E-state index contributed by atoms with van der Waals surface area (Å²) >= 11 is 1.53. The number of phenolic OH excluding ortho intramolecular Hbond substituents is 1. The second kappa shape index (κ2) is 6.40. The Kier molecular flexibility index (Phi) is 4.09. The second-order valence-corrected chi connectivity index (χ2v) is 7.02. The van der Waals surface area contributed by atoms with Crippen molar-refractivity contribution in [3.8, 4) is 5.75 Å². The molecule has 4 rings (SSSR count). The number of hydrogen-bond acceptors (Lipinski definition) is 6. The van der Waals surface area contributed by atoms with Crippen molar-refractivity contribution in [3.63, 3.8) is 0 Å². The lowest BCUT2D eigenvalue weighted by atomic mass is 10.1. The van der Waals surface area contributed by atoms with E-state index in [0.29, 0.717) is 23.8 Å². The molecule has 25 heavy (non-hydrogen) atoms. The molecule has 0 aliphatic heterocycles. The summed E-state index contributed by atoms with van der Waals surface area (Å²) in [6, 6.07) is 6.29. The summed E-state index contributed by atoms with van der Waals surface area (Å²) < 4.78 is 7.26. The summed E-state index contributed by atoms with van der Waals surface area (Å²) in [5.74, 6) is 2.16. The molecule has 1 N–H and O–H groups in total. The first-order chi connectivity index (χ1) is 12.2. The van der Waals surface area contributed by atoms with Crippen LogP contribution in [0.3, 0.4) is 0 Å². The van der Waals surface area contributed by atoms with Gasteiger partial charge < -0.3 is 14.1 Å². The highest BCUT2D eigenvalue weighted by Crippen LogP contribution is 2.40. The zero-order chi connectivity index (χ0) is 17.4. The van der Waals surface area contributed by atoms with Crippen LogP contribution in [0.4, 0.5) is 0 Å². The molecule has 0 unspecified atom stereocenters. The van der Waals surface area contributed by atoms with Crippen LogP contribution >= 0.6 is 11.8 Å². The van der Waals surface area contributed by atoms with Gasteiger partial charge in [-0.15, -0.1) is 16.8 Å². The average Bonchev–Trinajstić information content (AvgIpc) is 3.35. The van der Waals surface area contributed by atoms with Gasteiger partial charge in [-0.25, -0.2) is 4.79 Å². The molecular formula is C18H17N3O3S. The van der Waals surface area contributed by atoms with Gasteiger partial charge in [0, 0.05) is 35.7 Å². The lowest BCUT2D eigenvalue weighted by Crippen LogP contribution is -2.03. The van der Waals surface area contributed by atoms with E-state index in [1.165, 1.54) is 23.9 Å². The minimum absolute atomic E-state index is 0.0697. The molecule has 0 amide bonds. The lowest BCUT2D eigenvalue weighted by molar-refractivity contribution is 0.473. The topological polar surface area (TPSA) is 81.2 Å². The van der Waals surface area contributed by atoms with Crippen LogP contribution in [0, 0.1) is 0 Å². The zero-order valence-corrected chi connectivity index (χ0v) is 14.3. The molecule has 0 spiro atoms. The Morgan fingerprint density at radius 3 is 2.96 bits per heavy atom. The van der Waals surface area contributed by atoms with E-state index >= 15 is 0 Å². The van der Waals surface area contributed by atoms with Gasteiger partial charge in [0.25, 0.3) is 0 Å². The molecule has 3 aromatic rings. The molecule has 2 aromatic heterocycles. The number of phenols is 1. The van der Waals surface area contributed by atoms with E-state index in [1.807, 2.05) is 6.08 Å². The Bertz CT molecular complexity index is 1000. The van der Waals surface area contributed by atoms with E-state index in [2.05, 4.69) is 21.3 Å². The molecule has 0 saturated heterocycles. The number of thioether (sulfide) groups is 1. The molecule has 1 aliphatic rings. The molecule has 0 radical (unpaired) electrons. The summed E-state index contributed by atoms with van der Waals surface area (Å²) in [6.45, 7) is 4.49. The van der Waals surface area contributed by atoms with Gasteiger partial charge in [0.05, 0.1) is 0 Å². The van der Waals surface area contributed by atoms with Gasteiger partial charge in [0.2, 0.25) is 0 Å². The molecule has 1 aromatic carbocycles. The number of allylic oxidation sites excluding steroid dienone is 1. The van der Waals surface area contributed by atoms with Crippen molar-refractivity contribution in [2.24, 2.45) is 0 Å². The minimum Gasteiger partial charge on any atom is -0.508 e. The predicted molar refractivity (Wildman–Crippen MR) is 95.9 cm³/mol. The van der Waals surface area contributed by atoms with Crippen LogP contribution in [-0.2, 0) is 12.3 Å². The molecular weight excluding hydrogens is 338 g/mol. The third-order valence-electron chi connectivity index (χ3n) is 4.17. The molecule has 1 saturated carbocycles. The van der Waals surface area contributed by atoms with Crippen molar-refractivity contribution >= 4 is 22.7 Å². The fraction of sp³-hybridized carbons (Fsp3) is 0.278. The molecule has 2 heterocycles. The number of aromatic nitrogens is 3. The lowest BCUT2D eigenvalue weighted by Gasteiger charge is -2.08. The van der Waals surface area contributed by atoms with Gasteiger partial charge in [0.1, 0.15) is 17.2 Å². The Morgan fingerprint density at radius 1 is 1.36 bits per heavy atom. The van der Waals surface area contributed by atoms with Crippen molar-refractivity contribution in [2.45, 2.75) is 36.2 Å². The second-order valence-electron chi connectivity index (χ2n) is 6.07. The molecule has 0 bridgehead atoms. The third-order valence-corrected chi connectivity index (χ3v) is 5.19. The first kappa shape index (κ1) is 16.0. The smallest absolute Gasteiger partial charge is 0.336 e. The van der Waals surface area contributed by atoms with Gasteiger partial charge in [-0.3, -0.25) is 0 Å². The maximum absolute atomic E-state index is 11.8. The quantitative estimate of drug-likeness (QED) is 0.414. The number of hydrogen-bond donors (Lipinski definition) is 1. The number of rotatable bonds is 6. The summed E-state index contributed by atoms with van der Waals surface area (Å²) in [4.78, 5) is 11.8. The molecule has 7 heteroatoms. The molecule has 1 fully saturated rings. The fourth-order valence-corrected chi connectivity index (χ4v) is 3.78. The number of nitrogens with zero attached hydrogens (tertiary/aromatic N) is 3. The number of fused-ring (bicyclic) bond motifs is 1. The van der Waals surface area contributed by atoms with E-state index in [0.717, 1.165) is 34.8 Å². The van der Waals surface area contributed by atoms with Crippen LogP contribution in [0.5, 0.6) is 5.75 Å². The highest BCUT2D eigenvalue weighted by Gasteiger charge is 2.30. The monoisotopic (exact) mass is 355 g/mol. The van der Waals surface area contributed by atoms with Crippen molar-refractivity contribution < 1.29 is 9.52 Å². The largest absolute Gasteiger partial charge is 0.508 e. The number of benzene rings is 1. The summed E-state index contributed by atoms with van der Waals surface area (Å²) in [6.07, 6.45) is 4.16. The van der Waals surface area contributed by atoms with Crippen molar-refractivity contribution in [3.05, 3.63) is 58.7 Å². The van der Waals surface area contributed by atoms with Crippen molar-refractivity contribution in [2.75, 3.05) is 0 Å². The molecule has 6 nitrogen and oxygen atoms in total. The zero-order valence-electron chi connectivity index (χ0n) is 13.5. The van der Waals surface area contributed by atoms with Gasteiger partial charge in [-0.1, -0.05) is 17.8 Å². The molecule has 0 atom stereocenters. The highest BCUT2D eigenvalue weighted by molar-refractivity contribution is 7.98. The van der Waals surface area contributed by atoms with Crippen LogP contribution in [0.25, 0.3) is 11.0 Å². The third kappa shape index (κ3) is 3.19.